The molecular weight excluding hydrogens is 360 g/mol. The molecule has 0 saturated carbocycles. The van der Waals surface area contributed by atoms with E-state index in [1.165, 1.54) is 10.5 Å². The fourth-order valence-corrected chi connectivity index (χ4v) is 3.73. The fourth-order valence-electron chi connectivity index (χ4n) is 3.73. The van der Waals surface area contributed by atoms with E-state index in [9.17, 15) is 4.79 Å². The highest BCUT2D eigenvalue weighted by Crippen LogP contribution is 2.28. The van der Waals surface area contributed by atoms with E-state index in [0.29, 0.717) is 5.57 Å². The van der Waals surface area contributed by atoms with Gasteiger partial charge in [0.2, 0.25) is 0 Å². The zero-order valence-corrected chi connectivity index (χ0v) is 17.2. The maximum atomic E-state index is 13.1. The second kappa shape index (κ2) is 8.05. The molecule has 1 amide bonds. The molecule has 0 saturated heterocycles. The van der Waals surface area contributed by atoms with Crippen LogP contribution in [0.25, 0.3) is 17.0 Å². The highest BCUT2D eigenvalue weighted by Gasteiger charge is 2.28. The number of aromatic nitrogens is 1. The van der Waals surface area contributed by atoms with Crippen LogP contribution in [0.3, 0.4) is 0 Å². The Labute approximate surface area is 171 Å². The van der Waals surface area contributed by atoms with Gasteiger partial charge in [0.05, 0.1) is 23.6 Å². The molecule has 0 bridgehead atoms. The van der Waals surface area contributed by atoms with E-state index >= 15 is 0 Å². The first-order chi connectivity index (χ1) is 14.1. The Hall–Kier alpha value is -3.18. The molecule has 2 aromatic carbocycles. The molecule has 0 aliphatic carbocycles. The van der Waals surface area contributed by atoms with Crippen molar-refractivity contribution in [3.05, 3.63) is 71.9 Å². The summed E-state index contributed by atoms with van der Waals surface area (Å²) in [4.78, 5) is 15.4. The van der Waals surface area contributed by atoms with Gasteiger partial charge in [-0.15, -0.1) is 0 Å². The zero-order chi connectivity index (χ0) is 20.4. The number of benzene rings is 2. The molecule has 5 heteroatoms. The lowest BCUT2D eigenvalue weighted by molar-refractivity contribution is -0.114. The highest BCUT2D eigenvalue weighted by atomic mass is 16.2. The maximum absolute atomic E-state index is 13.1. The summed E-state index contributed by atoms with van der Waals surface area (Å²) < 4.78 is 2.26. The Morgan fingerprint density at radius 3 is 2.41 bits per heavy atom. The first-order valence-corrected chi connectivity index (χ1v) is 10.1. The van der Waals surface area contributed by atoms with Gasteiger partial charge in [-0.1, -0.05) is 50.2 Å². The molecule has 1 aromatic heterocycles. The summed E-state index contributed by atoms with van der Waals surface area (Å²) in [7, 11) is 0. The van der Waals surface area contributed by atoms with Crippen LogP contribution >= 0.6 is 0 Å². The van der Waals surface area contributed by atoms with E-state index in [4.69, 9.17) is 0 Å². The van der Waals surface area contributed by atoms with E-state index in [1.807, 2.05) is 49.4 Å². The summed E-state index contributed by atoms with van der Waals surface area (Å²) >= 11 is 0. The zero-order valence-electron chi connectivity index (χ0n) is 17.2. The smallest absolute Gasteiger partial charge is 0.280 e. The quantitative estimate of drug-likeness (QED) is 0.574. The van der Waals surface area contributed by atoms with Crippen LogP contribution < -0.4 is 5.01 Å². The lowest BCUT2D eigenvalue weighted by Gasteiger charge is -2.19. The Balaban J connectivity index is 1.73. The number of anilines is 1. The van der Waals surface area contributed by atoms with Gasteiger partial charge in [-0.05, 0) is 44.3 Å². The van der Waals surface area contributed by atoms with Crippen molar-refractivity contribution in [2.45, 2.75) is 27.4 Å². The summed E-state index contributed by atoms with van der Waals surface area (Å²) in [6, 6.07) is 17.9. The van der Waals surface area contributed by atoms with E-state index < -0.39 is 0 Å². The molecule has 0 N–H and O–H groups in total. The molecule has 5 nitrogen and oxygen atoms in total. The summed E-state index contributed by atoms with van der Waals surface area (Å²) in [5.74, 6) is -0.0886. The van der Waals surface area contributed by atoms with Gasteiger partial charge in [0.1, 0.15) is 0 Å². The van der Waals surface area contributed by atoms with Crippen molar-refractivity contribution in [2.75, 3.05) is 18.1 Å². The fraction of sp³-hybridized carbons (Fsp3) is 0.250. The molecular formula is C24H26N4O. The van der Waals surface area contributed by atoms with Gasteiger partial charge in [-0.3, -0.25) is 9.69 Å². The number of hydrogen-bond acceptors (Lipinski definition) is 3. The van der Waals surface area contributed by atoms with Crippen molar-refractivity contribution in [2.24, 2.45) is 5.10 Å². The number of carbonyl (C=O) groups is 1. The second-order valence-electron chi connectivity index (χ2n) is 7.21. The van der Waals surface area contributed by atoms with Crippen LogP contribution in [-0.2, 0) is 11.5 Å². The third kappa shape index (κ3) is 3.61. The SMILES string of the molecule is CCN(CC)Cn1cc(C=C2C(=O)N(c3ccccc3)N=C2C)c2ccccc21. The summed E-state index contributed by atoms with van der Waals surface area (Å²) in [5.41, 5.74) is 4.37. The van der Waals surface area contributed by atoms with Gasteiger partial charge in [0, 0.05) is 22.7 Å². The van der Waals surface area contributed by atoms with Crippen LogP contribution in [0.1, 0.15) is 26.3 Å². The molecule has 4 rings (SSSR count). The number of amides is 1. The normalized spacial score (nSPS) is 15.7. The minimum atomic E-state index is -0.0886. The van der Waals surface area contributed by atoms with Gasteiger partial charge in [0.25, 0.3) is 5.91 Å². The molecule has 1 aliphatic rings. The average molecular weight is 386 g/mol. The third-order valence-electron chi connectivity index (χ3n) is 5.43. The molecule has 1 aliphatic heterocycles. The van der Waals surface area contributed by atoms with Crippen molar-refractivity contribution in [1.82, 2.24) is 9.47 Å². The van der Waals surface area contributed by atoms with Gasteiger partial charge >= 0.3 is 0 Å². The van der Waals surface area contributed by atoms with E-state index in [0.717, 1.165) is 42.1 Å². The highest BCUT2D eigenvalue weighted by molar-refractivity contribution is 6.32. The lowest BCUT2D eigenvalue weighted by Crippen LogP contribution is -2.25. The van der Waals surface area contributed by atoms with Crippen molar-refractivity contribution >= 4 is 34.3 Å². The summed E-state index contributed by atoms with van der Waals surface area (Å²) in [5, 5.41) is 7.12. The number of nitrogens with zero attached hydrogens (tertiary/aromatic N) is 4. The predicted molar refractivity (Wildman–Crippen MR) is 120 cm³/mol. The van der Waals surface area contributed by atoms with Crippen molar-refractivity contribution < 1.29 is 4.79 Å². The van der Waals surface area contributed by atoms with Crippen LogP contribution in [-0.4, -0.2) is 34.2 Å². The van der Waals surface area contributed by atoms with Crippen LogP contribution in [0, 0.1) is 0 Å². The van der Waals surface area contributed by atoms with Crippen molar-refractivity contribution in [1.29, 1.82) is 0 Å². The lowest BCUT2D eigenvalue weighted by atomic mass is 10.1. The largest absolute Gasteiger partial charge is 0.333 e. The molecule has 2 heterocycles. The standard InChI is InChI=1S/C24H26N4O/c1-4-26(5-2)17-27-16-19(21-13-9-10-14-23(21)27)15-22-18(3)25-28(24(22)29)20-11-7-6-8-12-20/h6-16H,4-5,17H2,1-3H3. The first-order valence-electron chi connectivity index (χ1n) is 10.1. The predicted octanol–water partition coefficient (Wildman–Crippen LogP) is 4.75. The number of para-hydroxylation sites is 2. The minimum Gasteiger partial charge on any atom is -0.333 e. The third-order valence-corrected chi connectivity index (χ3v) is 5.43. The number of carbonyl (C=O) groups excluding carboxylic acids is 1. The molecule has 29 heavy (non-hydrogen) atoms. The number of fused-ring (bicyclic) bond motifs is 1. The van der Waals surface area contributed by atoms with Gasteiger partial charge < -0.3 is 4.57 Å². The average Bonchev–Trinajstić information content (AvgIpc) is 3.25. The Kier molecular flexibility index (Phi) is 5.32. The Bertz CT molecular complexity index is 1090. The molecule has 0 spiro atoms. The van der Waals surface area contributed by atoms with Crippen molar-refractivity contribution in [3.63, 3.8) is 0 Å². The number of rotatable bonds is 6. The molecule has 0 unspecified atom stereocenters. The van der Waals surface area contributed by atoms with Crippen LogP contribution in [0.2, 0.25) is 0 Å². The maximum Gasteiger partial charge on any atom is 0.280 e. The molecule has 0 radical (unpaired) electrons. The van der Waals surface area contributed by atoms with Crippen molar-refractivity contribution in [3.8, 4) is 0 Å². The van der Waals surface area contributed by atoms with Gasteiger partial charge in [0.15, 0.2) is 0 Å². The molecule has 3 aromatic rings. The summed E-state index contributed by atoms with van der Waals surface area (Å²) in [6.45, 7) is 9.06. The van der Waals surface area contributed by atoms with Gasteiger partial charge in [-0.25, -0.2) is 0 Å². The van der Waals surface area contributed by atoms with Crippen LogP contribution in [0.5, 0.6) is 0 Å². The minimum absolute atomic E-state index is 0.0886. The second-order valence-corrected chi connectivity index (χ2v) is 7.21. The molecule has 0 atom stereocenters. The van der Waals surface area contributed by atoms with Crippen LogP contribution in [0.4, 0.5) is 5.69 Å². The molecule has 0 fully saturated rings. The molecule has 148 valence electrons. The first kappa shape index (κ1) is 19.2. The van der Waals surface area contributed by atoms with Crippen LogP contribution in [0.15, 0.2) is 71.5 Å². The Morgan fingerprint density at radius 2 is 1.69 bits per heavy atom. The van der Waals surface area contributed by atoms with E-state index in [1.54, 1.807) is 0 Å². The Morgan fingerprint density at radius 1 is 1.00 bits per heavy atom. The van der Waals surface area contributed by atoms with Gasteiger partial charge in [-0.2, -0.15) is 10.1 Å². The van der Waals surface area contributed by atoms with E-state index in [-0.39, 0.29) is 5.91 Å². The topological polar surface area (TPSA) is 40.8 Å². The number of hydrazone groups is 1. The monoisotopic (exact) mass is 386 g/mol. The number of hydrogen-bond donors (Lipinski definition) is 0. The van der Waals surface area contributed by atoms with E-state index in [2.05, 4.69) is 52.8 Å². The summed E-state index contributed by atoms with van der Waals surface area (Å²) in [6.07, 6.45) is 4.12.